The third-order valence-electron chi connectivity index (χ3n) is 5.28. The van der Waals surface area contributed by atoms with Crippen LogP contribution < -0.4 is 28.4 Å². The SMILES string of the molecule is COc1cc([C@@H]2SC[C@@H](c3cc(OC)c(OCCCC(=O)O)c(OC)c3)S2)cc(OC)c1OC. The van der Waals surface area contributed by atoms with Crippen LogP contribution in [-0.2, 0) is 4.79 Å². The molecular formula is C24H30O8S2. The Hall–Kier alpha value is -2.59. The van der Waals surface area contributed by atoms with Crippen molar-refractivity contribution in [3.8, 4) is 34.5 Å². The van der Waals surface area contributed by atoms with E-state index in [0.29, 0.717) is 40.9 Å². The molecule has 1 saturated heterocycles. The van der Waals surface area contributed by atoms with Crippen molar-refractivity contribution in [1.29, 1.82) is 0 Å². The van der Waals surface area contributed by atoms with Crippen molar-refractivity contribution in [2.45, 2.75) is 22.7 Å². The summed E-state index contributed by atoms with van der Waals surface area (Å²) in [6.45, 7) is 0.260. The Morgan fingerprint density at radius 1 is 0.853 bits per heavy atom. The summed E-state index contributed by atoms with van der Waals surface area (Å²) in [6.07, 6.45) is 0.440. The Morgan fingerprint density at radius 3 is 1.88 bits per heavy atom. The van der Waals surface area contributed by atoms with Crippen LogP contribution in [0, 0.1) is 0 Å². The average molecular weight is 511 g/mol. The second kappa shape index (κ2) is 12.2. The fourth-order valence-electron chi connectivity index (χ4n) is 3.62. The van der Waals surface area contributed by atoms with Crippen LogP contribution in [0.25, 0.3) is 0 Å². The molecule has 34 heavy (non-hydrogen) atoms. The highest BCUT2D eigenvalue weighted by Gasteiger charge is 2.31. The number of aliphatic carboxylic acids is 1. The lowest BCUT2D eigenvalue weighted by molar-refractivity contribution is -0.137. The second-order valence-electron chi connectivity index (χ2n) is 7.35. The maximum absolute atomic E-state index is 10.8. The van der Waals surface area contributed by atoms with Gasteiger partial charge in [0.2, 0.25) is 11.5 Å². The van der Waals surface area contributed by atoms with Gasteiger partial charge in [0.15, 0.2) is 23.0 Å². The maximum Gasteiger partial charge on any atom is 0.303 e. The molecule has 0 spiro atoms. The van der Waals surface area contributed by atoms with Gasteiger partial charge < -0.3 is 33.5 Å². The molecule has 0 bridgehead atoms. The van der Waals surface area contributed by atoms with Crippen LogP contribution in [-0.4, -0.2) is 59.0 Å². The Labute approximate surface area is 208 Å². The smallest absolute Gasteiger partial charge is 0.303 e. The number of carboxylic acids is 1. The van der Waals surface area contributed by atoms with Crippen LogP contribution in [0.2, 0.25) is 0 Å². The summed E-state index contributed by atoms with van der Waals surface area (Å²) < 4.78 is 33.6. The van der Waals surface area contributed by atoms with E-state index in [2.05, 4.69) is 0 Å². The van der Waals surface area contributed by atoms with Gasteiger partial charge >= 0.3 is 5.97 Å². The van der Waals surface area contributed by atoms with Gasteiger partial charge in [0.05, 0.1) is 46.7 Å². The predicted octanol–water partition coefficient (Wildman–Crippen LogP) is 5.19. The van der Waals surface area contributed by atoms with Crippen molar-refractivity contribution < 1.29 is 38.3 Å². The number of ether oxygens (including phenoxy) is 6. The number of thioether (sulfide) groups is 2. The number of carboxylic acid groups (broad SMARTS) is 1. The molecule has 1 aliphatic heterocycles. The Bertz CT molecular complexity index is 947. The molecule has 8 nitrogen and oxygen atoms in total. The van der Waals surface area contributed by atoms with Crippen LogP contribution in [0.15, 0.2) is 24.3 Å². The molecule has 0 unspecified atom stereocenters. The van der Waals surface area contributed by atoms with Gasteiger partial charge in [0, 0.05) is 17.4 Å². The molecule has 2 aromatic rings. The molecule has 0 saturated carbocycles. The monoisotopic (exact) mass is 510 g/mol. The number of carbonyl (C=O) groups is 1. The summed E-state index contributed by atoms with van der Waals surface area (Å²) in [7, 11) is 7.98. The molecule has 2 aromatic carbocycles. The van der Waals surface area contributed by atoms with Crippen LogP contribution in [0.5, 0.6) is 34.5 Å². The van der Waals surface area contributed by atoms with Gasteiger partial charge in [-0.25, -0.2) is 0 Å². The van der Waals surface area contributed by atoms with Gasteiger partial charge in [-0.1, -0.05) is 0 Å². The summed E-state index contributed by atoms with van der Waals surface area (Å²) in [4.78, 5) is 10.8. The van der Waals surface area contributed by atoms with E-state index in [-0.39, 0.29) is 22.9 Å². The van der Waals surface area contributed by atoms with Crippen molar-refractivity contribution in [2.75, 3.05) is 47.9 Å². The van der Waals surface area contributed by atoms with Crippen molar-refractivity contribution in [2.24, 2.45) is 0 Å². The third kappa shape index (κ3) is 5.90. The van der Waals surface area contributed by atoms with E-state index in [1.54, 1.807) is 35.5 Å². The highest BCUT2D eigenvalue weighted by Crippen LogP contribution is 2.58. The van der Waals surface area contributed by atoms with Crippen molar-refractivity contribution >= 4 is 29.5 Å². The first kappa shape index (κ1) is 26.0. The van der Waals surface area contributed by atoms with Crippen molar-refractivity contribution in [3.63, 3.8) is 0 Å². The number of rotatable bonds is 12. The topological polar surface area (TPSA) is 92.7 Å². The molecule has 10 heteroatoms. The van der Waals surface area contributed by atoms with E-state index < -0.39 is 5.97 Å². The molecule has 2 atom stereocenters. The molecule has 0 amide bonds. The Balaban J connectivity index is 1.80. The van der Waals surface area contributed by atoms with Crippen LogP contribution in [0.4, 0.5) is 0 Å². The van der Waals surface area contributed by atoms with Gasteiger partial charge in [0.1, 0.15) is 0 Å². The summed E-state index contributed by atoms with van der Waals surface area (Å²) in [5.41, 5.74) is 2.16. The zero-order valence-corrected chi connectivity index (χ0v) is 21.5. The molecule has 1 aliphatic rings. The zero-order chi connectivity index (χ0) is 24.7. The number of benzene rings is 2. The average Bonchev–Trinajstić information content (AvgIpc) is 3.35. The fourth-order valence-corrected chi connectivity index (χ4v) is 6.87. The molecule has 0 aromatic heterocycles. The van der Waals surface area contributed by atoms with E-state index in [4.69, 9.17) is 33.5 Å². The minimum atomic E-state index is -0.852. The lowest BCUT2D eigenvalue weighted by atomic mass is 10.1. The summed E-state index contributed by atoms with van der Waals surface area (Å²) >= 11 is 3.67. The normalized spacial score (nSPS) is 17.2. The van der Waals surface area contributed by atoms with Crippen LogP contribution >= 0.6 is 23.5 Å². The first-order valence-corrected chi connectivity index (χ1v) is 12.6. The number of hydrogen-bond donors (Lipinski definition) is 1. The predicted molar refractivity (Wildman–Crippen MR) is 134 cm³/mol. The largest absolute Gasteiger partial charge is 0.493 e. The maximum atomic E-state index is 10.8. The molecule has 0 radical (unpaired) electrons. The zero-order valence-electron chi connectivity index (χ0n) is 19.9. The van der Waals surface area contributed by atoms with Gasteiger partial charge in [0.25, 0.3) is 0 Å². The molecular weight excluding hydrogens is 480 g/mol. The van der Waals surface area contributed by atoms with E-state index in [9.17, 15) is 4.79 Å². The number of methoxy groups -OCH3 is 5. The molecule has 3 rings (SSSR count). The standard InChI is InChI=1S/C24H30O8S2/c1-27-16-11-15(12-17(28-2)22(16)31-5)24-33-13-20(34-24)14-9-18(29-3)23(19(10-14)30-4)32-8-6-7-21(25)26/h9-12,20,24H,6-8,13H2,1-5H3,(H,25,26)/t20-,24+/m0/s1. The molecule has 1 N–H and O–H groups in total. The fraction of sp³-hybridized carbons (Fsp3) is 0.458. The lowest BCUT2D eigenvalue weighted by Gasteiger charge is -2.19. The second-order valence-corrected chi connectivity index (χ2v) is 10.1. The molecule has 186 valence electrons. The highest BCUT2D eigenvalue weighted by atomic mass is 32.2. The van der Waals surface area contributed by atoms with E-state index >= 15 is 0 Å². The molecule has 1 heterocycles. The summed E-state index contributed by atoms with van der Waals surface area (Å²) in [5, 5.41) is 9.04. The van der Waals surface area contributed by atoms with Gasteiger partial charge in [-0.15, -0.1) is 23.5 Å². The minimum Gasteiger partial charge on any atom is -0.493 e. The molecule has 0 aliphatic carbocycles. The van der Waals surface area contributed by atoms with E-state index in [0.717, 1.165) is 16.9 Å². The first-order chi connectivity index (χ1) is 16.4. The van der Waals surface area contributed by atoms with Crippen LogP contribution in [0.1, 0.15) is 33.8 Å². The van der Waals surface area contributed by atoms with E-state index in [1.807, 2.05) is 47.8 Å². The van der Waals surface area contributed by atoms with Crippen molar-refractivity contribution in [3.05, 3.63) is 35.4 Å². The van der Waals surface area contributed by atoms with Gasteiger partial charge in [-0.05, 0) is 41.8 Å². The van der Waals surface area contributed by atoms with Crippen molar-refractivity contribution in [1.82, 2.24) is 0 Å². The Morgan fingerprint density at radius 2 is 1.38 bits per heavy atom. The third-order valence-corrected chi connectivity index (χ3v) is 8.62. The highest BCUT2D eigenvalue weighted by molar-refractivity contribution is 8.19. The minimum absolute atomic E-state index is 0.0426. The van der Waals surface area contributed by atoms with Crippen LogP contribution in [0.3, 0.4) is 0 Å². The lowest BCUT2D eigenvalue weighted by Crippen LogP contribution is -2.05. The Kier molecular flexibility index (Phi) is 9.35. The molecule has 1 fully saturated rings. The summed E-state index contributed by atoms with van der Waals surface area (Å²) in [5.74, 6) is 3.50. The quantitative estimate of drug-likeness (QED) is 0.384. The van der Waals surface area contributed by atoms with Gasteiger partial charge in [-0.3, -0.25) is 4.79 Å². The first-order valence-electron chi connectivity index (χ1n) is 10.6. The summed E-state index contributed by atoms with van der Waals surface area (Å²) in [6, 6.07) is 7.91. The number of hydrogen-bond acceptors (Lipinski definition) is 9. The van der Waals surface area contributed by atoms with Gasteiger partial charge in [-0.2, -0.15) is 0 Å². The van der Waals surface area contributed by atoms with E-state index in [1.165, 1.54) is 0 Å².